The fraction of sp³-hybridized carbons (Fsp3) is 0.238. The van der Waals surface area contributed by atoms with Crippen LogP contribution in [0.3, 0.4) is 0 Å². The summed E-state index contributed by atoms with van der Waals surface area (Å²) in [5, 5.41) is 11.5. The lowest BCUT2D eigenvalue weighted by Crippen LogP contribution is -2.37. The zero-order valence-corrected chi connectivity index (χ0v) is 18.8. The van der Waals surface area contributed by atoms with Crippen molar-refractivity contribution in [3.05, 3.63) is 59.7 Å². The minimum absolute atomic E-state index is 0.0252. The van der Waals surface area contributed by atoms with Crippen molar-refractivity contribution in [1.29, 1.82) is 0 Å². The first-order valence-electron chi connectivity index (χ1n) is 9.42. The van der Waals surface area contributed by atoms with E-state index in [1.54, 1.807) is 16.7 Å². The molecule has 0 fully saturated rings. The van der Waals surface area contributed by atoms with Crippen LogP contribution in [0.25, 0.3) is 0 Å². The molecule has 2 aromatic carbocycles. The van der Waals surface area contributed by atoms with Crippen LogP contribution in [0.1, 0.15) is 17.5 Å². The molecule has 0 radical (unpaired) electrons. The second-order valence-electron chi connectivity index (χ2n) is 6.75. The number of rotatable bonds is 7. The number of nitrogens with one attached hydrogen (secondary N) is 1. The Kier molecular flexibility index (Phi) is 6.71. The van der Waals surface area contributed by atoms with Crippen molar-refractivity contribution < 1.29 is 9.59 Å². The number of para-hydroxylation sites is 1. The van der Waals surface area contributed by atoms with Gasteiger partial charge in [-0.2, -0.15) is 0 Å². The van der Waals surface area contributed by atoms with E-state index in [-0.39, 0.29) is 18.2 Å². The molecule has 0 bridgehead atoms. The van der Waals surface area contributed by atoms with Crippen molar-refractivity contribution in [3.8, 4) is 0 Å². The van der Waals surface area contributed by atoms with Gasteiger partial charge in [-0.25, -0.2) is 0 Å². The minimum Gasteiger partial charge on any atom is -0.310 e. The first-order chi connectivity index (χ1) is 14.6. The van der Waals surface area contributed by atoms with Crippen LogP contribution in [0.2, 0.25) is 0 Å². The molecule has 0 unspecified atom stereocenters. The number of nitrogens with zero attached hydrogens (tertiary/aromatic N) is 3. The van der Waals surface area contributed by atoms with Crippen LogP contribution in [0.15, 0.2) is 57.8 Å². The molecule has 1 aromatic heterocycles. The zero-order chi connectivity index (χ0) is 20.9. The minimum atomic E-state index is -0.176. The molecule has 4 rings (SSSR count). The Hall–Kier alpha value is -2.36. The van der Waals surface area contributed by atoms with Crippen LogP contribution < -0.4 is 10.2 Å². The van der Waals surface area contributed by atoms with Crippen LogP contribution in [0, 0.1) is 6.92 Å². The van der Waals surface area contributed by atoms with E-state index in [1.165, 1.54) is 34.2 Å². The Balaban J connectivity index is 1.29. The van der Waals surface area contributed by atoms with Gasteiger partial charge in [-0.3, -0.25) is 9.59 Å². The number of fused-ring (bicyclic) bond motifs is 1. The van der Waals surface area contributed by atoms with E-state index < -0.39 is 0 Å². The number of carbonyl (C=O) groups is 2. The van der Waals surface area contributed by atoms with E-state index in [1.807, 2.05) is 24.3 Å². The molecule has 9 heteroatoms. The normalized spacial score (nSPS) is 13.2. The quantitative estimate of drug-likeness (QED) is 0.413. The molecule has 0 aliphatic carbocycles. The Morgan fingerprint density at radius 1 is 1.17 bits per heavy atom. The highest BCUT2D eigenvalue weighted by Crippen LogP contribution is 2.35. The molecule has 1 aliphatic heterocycles. The number of hydrogen-bond acceptors (Lipinski definition) is 7. The molecular formula is C21H20N4O2S3. The molecule has 154 valence electrons. The number of aryl methyl sites for hydroxylation is 1. The summed E-state index contributed by atoms with van der Waals surface area (Å²) in [7, 11) is 0. The molecule has 2 amide bonds. The molecule has 2 heterocycles. The molecular weight excluding hydrogens is 436 g/mol. The first kappa shape index (κ1) is 20.9. The predicted molar refractivity (Wildman–Crippen MR) is 123 cm³/mol. The number of aromatic nitrogens is 2. The van der Waals surface area contributed by atoms with Gasteiger partial charge in [-0.05, 0) is 24.6 Å². The molecule has 3 aromatic rings. The molecule has 0 saturated heterocycles. The Bertz CT molecular complexity index is 1050. The van der Waals surface area contributed by atoms with Gasteiger partial charge in [-0.1, -0.05) is 65.1 Å². The van der Waals surface area contributed by atoms with Crippen molar-refractivity contribution in [2.45, 2.75) is 28.3 Å². The maximum Gasteiger partial charge on any atom is 0.237 e. The van der Waals surface area contributed by atoms with Gasteiger partial charge in [0.2, 0.25) is 16.9 Å². The lowest BCUT2D eigenvalue weighted by Gasteiger charge is -2.28. The van der Waals surface area contributed by atoms with Gasteiger partial charge >= 0.3 is 0 Å². The summed E-state index contributed by atoms with van der Waals surface area (Å²) in [6.07, 6.45) is 0.205. The molecule has 0 spiro atoms. The van der Waals surface area contributed by atoms with Crippen LogP contribution in [0.5, 0.6) is 0 Å². The fourth-order valence-corrected chi connectivity index (χ4v) is 5.60. The van der Waals surface area contributed by atoms with Gasteiger partial charge in [0.05, 0.1) is 11.4 Å². The summed E-state index contributed by atoms with van der Waals surface area (Å²) in [5.41, 5.74) is 3.33. The van der Waals surface area contributed by atoms with Gasteiger partial charge in [0.1, 0.15) is 0 Å². The Morgan fingerprint density at radius 3 is 2.80 bits per heavy atom. The van der Waals surface area contributed by atoms with Crippen molar-refractivity contribution >= 4 is 57.5 Å². The van der Waals surface area contributed by atoms with E-state index in [4.69, 9.17) is 0 Å². The second-order valence-corrected chi connectivity index (χ2v) is 9.96. The largest absolute Gasteiger partial charge is 0.310 e. The number of hydrogen-bond donors (Lipinski definition) is 1. The molecule has 30 heavy (non-hydrogen) atoms. The molecule has 6 nitrogen and oxygen atoms in total. The van der Waals surface area contributed by atoms with E-state index in [0.29, 0.717) is 17.4 Å². The highest BCUT2D eigenvalue weighted by molar-refractivity contribution is 8.00. The van der Waals surface area contributed by atoms with Crippen LogP contribution in [-0.2, 0) is 15.3 Å². The summed E-state index contributed by atoms with van der Waals surface area (Å²) in [5.74, 6) is 1.05. The molecule has 0 atom stereocenters. The number of benzene rings is 2. The molecule has 1 aliphatic rings. The fourth-order valence-electron chi connectivity index (χ4n) is 2.94. The van der Waals surface area contributed by atoms with E-state index in [2.05, 4.69) is 46.7 Å². The Morgan fingerprint density at radius 2 is 1.97 bits per heavy atom. The average molecular weight is 457 g/mol. The number of thioether (sulfide) groups is 2. The summed E-state index contributed by atoms with van der Waals surface area (Å²) < 4.78 is 0.808. The van der Waals surface area contributed by atoms with Crippen LogP contribution >= 0.6 is 34.9 Å². The van der Waals surface area contributed by atoms with E-state index in [0.717, 1.165) is 20.7 Å². The average Bonchev–Trinajstić information content (AvgIpc) is 3.20. The number of anilines is 2. The summed E-state index contributed by atoms with van der Waals surface area (Å²) in [6.45, 7) is 2.41. The standard InChI is InChI=1S/C21H20N4O2S3/c1-14-6-8-15(9-7-14)12-29-21-24-23-20(30-21)22-18(26)10-11-25-16-4-2-3-5-17(16)28-13-19(25)27/h2-9H,10-13H2,1H3,(H,22,23,26). The van der Waals surface area contributed by atoms with E-state index >= 15 is 0 Å². The van der Waals surface area contributed by atoms with Crippen LogP contribution in [-0.4, -0.2) is 34.3 Å². The third-order valence-electron chi connectivity index (χ3n) is 4.51. The lowest BCUT2D eigenvalue weighted by atomic mass is 10.2. The monoisotopic (exact) mass is 456 g/mol. The highest BCUT2D eigenvalue weighted by atomic mass is 32.2. The van der Waals surface area contributed by atoms with Gasteiger partial charge in [0.15, 0.2) is 4.34 Å². The predicted octanol–water partition coefficient (Wildman–Crippen LogP) is 4.61. The van der Waals surface area contributed by atoms with Gasteiger partial charge in [-0.15, -0.1) is 22.0 Å². The third-order valence-corrected chi connectivity index (χ3v) is 7.60. The zero-order valence-electron chi connectivity index (χ0n) is 16.3. The summed E-state index contributed by atoms with van der Waals surface area (Å²) in [4.78, 5) is 27.4. The Labute approximate surface area is 187 Å². The molecule has 0 saturated carbocycles. The maximum absolute atomic E-state index is 12.4. The van der Waals surface area contributed by atoms with Gasteiger partial charge < -0.3 is 10.2 Å². The van der Waals surface area contributed by atoms with Crippen LogP contribution in [0.4, 0.5) is 10.8 Å². The topological polar surface area (TPSA) is 75.2 Å². The number of amides is 2. The number of carbonyl (C=O) groups excluding carboxylic acids is 2. The van der Waals surface area contributed by atoms with Crippen molar-refractivity contribution in [2.75, 3.05) is 22.5 Å². The van der Waals surface area contributed by atoms with Crippen molar-refractivity contribution in [3.63, 3.8) is 0 Å². The summed E-state index contributed by atoms with van der Waals surface area (Å²) in [6, 6.07) is 16.2. The molecule has 1 N–H and O–H groups in total. The van der Waals surface area contributed by atoms with Gasteiger partial charge in [0, 0.05) is 23.6 Å². The maximum atomic E-state index is 12.4. The SMILES string of the molecule is Cc1ccc(CSc2nnc(NC(=O)CCN3C(=O)CSc4ccccc43)s2)cc1. The van der Waals surface area contributed by atoms with Crippen molar-refractivity contribution in [2.24, 2.45) is 0 Å². The smallest absolute Gasteiger partial charge is 0.237 e. The van der Waals surface area contributed by atoms with Crippen molar-refractivity contribution in [1.82, 2.24) is 10.2 Å². The van der Waals surface area contributed by atoms with E-state index in [9.17, 15) is 9.59 Å². The first-order valence-corrected chi connectivity index (χ1v) is 12.2. The third kappa shape index (κ3) is 5.21. The highest BCUT2D eigenvalue weighted by Gasteiger charge is 2.24. The second kappa shape index (κ2) is 9.63. The lowest BCUT2D eigenvalue weighted by molar-refractivity contribution is -0.117. The summed E-state index contributed by atoms with van der Waals surface area (Å²) >= 11 is 4.49. The van der Waals surface area contributed by atoms with Gasteiger partial charge in [0.25, 0.3) is 0 Å².